The summed E-state index contributed by atoms with van der Waals surface area (Å²) in [7, 11) is -1.57. The van der Waals surface area contributed by atoms with E-state index in [1.807, 2.05) is 0 Å². The molecular formula is C10H20ClNO3S. The number of hydrogen-bond donors (Lipinski definition) is 0. The molecule has 0 spiro atoms. The van der Waals surface area contributed by atoms with Crippen molar-refractivity contribution >= 4 is 21.6 Å². The number of ether oxygens (including phenoxy) is 1. The molecule has 2 unspecified atom stereocenters. The van der Waals surface area contributed by atoms with Crippen molar-refractivity contribution in [3.63, 3.8) is 0 Å². The van der Waals surface area contributed by atoms with E-state index in [-0.39, 0.29) is 11.1 Å². The largest absolute Gasteiger partial charge is 0.385 e. The average molecular weight is 270 g/mol. The van der Waals surface area contributed by atoms with Crippen molar-refractivity contribution in [1.29, 1.82) is 0 Å². The van der Waals surface area contributed by atoms with Gasteiger partial charge >= 0.3 is 0 Å². The minimum absolute atomic E-state index is 0.0639. The molecule has 6 heteroatoms. The molecule has 1 fully saturated rings. The van der Waals surface area contributed by atoms with E-state index in [0.29, 0.717) is 32.0 Å². The lowest BCUT2D eigenvalue weighted by Gasteiger charge is -2.33. The Morgan fingerprint density at radius 1 is 1.50 bits per heavy atom. The zero-order chi connectivity index (χ0) is 12.2. The third-order valence-corrected chi connectivity index (χ3v) is 5.46. The van der Waals surface area contributed by atoms with Crippen LogP contribution in [0.15, 0.2) is 0 Å². The molecule has 1 saturated heterocycles. The van der Waals surface area contributed by atoms with Gasteiger partial charge in [-0.15, -0.1) is 11.6 Å². The Balaban J connectivity index is 2.49. The van der Waals surface area contributed by atoms with E-state index in [0.717, 1.165) is 6.42 Å². The Bertz CT molecular complexity index is 307. The van der Waals surface area contributed by atoms with Crippen molar-refractivity contribution in [1.82, 2.24) is 4.31 Å². The van der Waals surface area contributed by atoms with Gasteiger partial charge in [-0.2, -0.15) is 0 Å². The second kappa shape index (κ2) is 6.19. The van der Waals surface area contributed by atoms with Gasteiger partial charge in [0.25, 0.3) is 0 Å². The molecule has 0 N–H and O–H groups in total. The molecule has 16 heavy (non-hydrogen) atoms. The van der Waals surface area contributed by atoms with Crippen LogP contribution in [0, 0.1) is 5.92 Å². The molecule has 4 nitrogen and oxygen atoms in total. The van der Waals surface area contributed by atoms with Crippen molar-refractivity contribution in [3.05, 3.63) is 0 Å². The average Bonchev–Trinajstić information content (AvgIpc) is 2.22. The summed E-state index contributed by atoms with van der Waals surface area (Å²) in [6, 6.07) is 0. The van der Waals surface area contributed by atoms with Crippen molar-refractivity contribution < 1.29 is 13.2 Å². The maximum absolute atomic E-state index is 11.9. The van der Waals surface area contributed by atoms with Crippen LogP contribution < -0.4 is 0 Å². The molecule has 2 atom stereocenters. The predicted octanol–water partition coefficient (Wildman–Crippen LogP) is 1.30. The molecule has 0 amide bonds. The molecule has 96 valence electrons. The molecule has 0 radical (unpaired) electrons. The zero-order valence-electron chi connectivity index (χ0n) is 9.86. The highest BCUT2D eigenvalue weighted by molar-refractivity contribution is 7.89. The van der Waals surface area contributed by atoms with Crippen LogP contribution in [0.25, 0.3) is 0 Å². The smallest absolute Gasteiger partial charge is 0.214 e. The number of hydrogen-bond acceptors (Lipinski definition) is 3. The number of rotatable bonds is 5. The molecule has 1 aliphatic heterocycles. The summed E-state index contributed by atoms with van der Waals surface area (Å²) in [5.41, 5.74) is 0. The molecule has 1 heterocycles. The van der Waals surface area contributed by atoms with Gasteiger partial charge in [-0.05, 0) is 18.8 Å². The van der Waals surface area contributed by atoms with Gasteiger partial charge in [-0.1, -0.05) is 6.92 Å². The molecule has 1 aliphatic rings. The summed E-state index contributed by atoms with van der Waals surface area (Å²) in [6.45, 7) is 3.58. The number of halogens is 1. The molecule has 0 aromatic rings. The predicted molar refractivity (Wildman–Crippen MR) is 65.3 cm³/mol. The van der Waals surface area contributed by atoms with Gasteiger partial charge in [0.15, 0.2) is 0 Å². The van der Waals surface area contributed by atoms with Crippen LogP contribution in [0.4, 0.5) is 0 Å². The van der Waals surface area contributed by atoms with E-state index in [4.69, 9.17) is 16.3 Å². The standard InChI is InChI=1S/C10H20ClNO3S/c1-9-4-5-12(8-10(9)11)16(13,14)7-3-6-15-2/h9-10H,3-8H2,1-2H3. The molecule has 1 rings (SSSR count). The van der Waals surface area contributed by atoms with E-state index >= 15 is 0 Å². The van der Waals surface area contributed by atoms with Crippen molar-refractivity contribution in [2.45, 2.75) is 25.1 Å². The summed E-state index contributed by atoms with van der Waals surface area (Å²) < 4.78 is 30.2. The normalized spacial score (nSPS) is 28.2. The van der Waals surface area contributed by atoms with Gasteiger partial charge in [0.05, 0.1) is 5.75 Å². The fourth-order valence-corrected chi connectivity index (χ4v) is 3.65. The van der Waals surface area contributed by atoms with Crippen LogP contribution in [0.1, 0.15) is 19.8 Å². The summed E-state index contributed by atoms with van der Waals surface area (Å²) in [5, 5.41) is -0.0639. The topological polar surface area (TPSA) is 46.6 Å². The molecular weight excluding hydrogens is 250 g/mol. The number of sulfonamides is 1. The minimum atomic E-state index is -3.14. The highest BCUT2D eigenvalue weighted by Crippen LogP contribution is 2.23. The molecule has 0 saturated carbocycles. The second-order valence-corrected chi connectivity index (χ2v) is 6.95. The first-order valence-corrected chi connectivity index (χ1v) is 7.62. The van der Waals surface area contributed by atoms with Gasteiger partial charge in [0, 0.05) is 32.2 Å². The lowest BCUT2D eigenvalue weighted by molar-refractivity contribution is 0.199. The van der Waals surface area contributed by atoms with Crippen LogP contribution in [0.3, 0.4) is 0 Å². The molecule has 0 aromatic heterocycles. The van der Waals surface area contributed by atoms with E-state index in [1.165, 1.54) is 4.31 Å². The lowest BCUT2D eigenvalue weighted by Crippen LogP contribution is -2.44. The van der Waals surface area contributed by atoms with Gasteiger partial charge in [0.1, 0.15) is 0 Å². The molecule has 0 aromatic carbocycles. The Kier molecular flexibility index (Phi) is 5.50. The van der Waals surface area contributed by atoms with Gasteiger partial charge in [-0.3, -0.25) is 0 Å². The Labute approximate surface area is 103 Å². The zero-order valence-corrected chi connectivity index (χ0v) is 11.4. The van der Waals surface area contributed by atoms with E-state index in [9.17, 15) is 8.42 Å². The van der Waals surface area contributed by atoms with Crippen LogP contribution in [-0.2, 0) is 14.8 Å². The summed E-state index contributed by atoms with van der Waals surface area (Å²) in [4.78, 5) is 0. The minimum Gasteiger partial charge on any atom is -0.385 e. The lowest BCUT2D eigenvalue weighted by atomic mass is 10.0. The van der Waals surface area contributed by atoms with E-state index < -0.39 is 10.0 Å². The molecule has 0 aliphatic carbocycles. The SMILES string of the molecule is COCCCS(=O)(=O)N1CCC(C)C(Cl)C1. The number of piperidine rings is 1. The Morgan fingerprint density at radius 2 is 2.19 bits per heavy atom. The Hall–Kier alpha value is 0.160. The van der Waals surface area contributed by atoms with Gasteiger partial charge in [0.2, 0.25) is 10.0 Å². The fraction of sp³-hybridized carbons (Fsp3) is 1.00. The highest BCUT2D eigenvalue weighted by Gasteiger charge is 2.31. The van der Waals surface area contributed by atoms with Crippen LogP contribution >= 0.6 is 11.6 Å². The third kappa shape index (κ3) is 3.87. The monoisotopic (exact) mass is 269 g/mol. The number of alkyl halides is 1. The second-order valence-electron chi connectivity index (χ2n) is 4.30. The highest BCUT2D eigenvalue weighted by atomic mass is 35.5. The number of nitrogens with zero attached hydrogens (tertiary/aromatic N) is 1. The Morgan fingerprint density at radius 3 is 2.75 bits per heavy atom. The van der Waals surface area contributed by atoms with Gasteiger partial charge < -0.3 is 4.74 Å². The first kappa shape index (κ1) is 14.2. The fourth-order valence-electron chi connectivity index (χ4n) is 1.76. The summed E-state index contributed by atoms with van der Waals surface area (Å²) >= 11 is 6.10. The number of methoxy groups -OCH3 is 1. The van der Waals surface area contributed by atoms with Crippen LogP contribution in [-0.4, -0.2) is 50.7 Å². The van der Waals surface area contributed by atoms with Gasteiger partial charge in [-0.25, -0.2) is 12.7 Å². The molecule has 0 bridgehead atoms. The first-order chi connectivity index (χ1) is 7.47. The first-order valence-electron chi connectivity index (χ1n) is 5.58. The van der Waals surface area contributed by atoms with Crippen molar-refractivity contribution in [3.8, 4) is 0 Å². The summed E-state index contributed by atoms with van der Waals surface area (Å²) in [6.07, 6.45) is 1.38. The maximum Gasteiger partial charge on any atom is 0.214 e. The maximum atomic E-state index is 11.9. The quantitative estimate of drug-likeness (QED) is 0.558. The third-order valence-electron chi connectivity index (χ3n) is 2.97. The van der Waals surface area contributed by atoms with Crippen molar-refractivity contribution in [2.24, 2.45) is 5.92 Å². The van der Waals surface area contributed by atoms with Crippen LogP contribution in [0.2, 0.25) is 0 Å². The summed E-state index contributed by atoms with van der Waals surface area (Å²) in [5.74, 6) is 0.547. The van der Waals surface area contributed by atoms with E-state index in [1.54, 1.807) is 7.11 Å². The van der Waals surface area contributed by atoms with E-state index in [2.05, 4.69) is 6.92 Å². The van der Waals surface area contributed by atoms with Crippen molar-refractivity contribution in [2.75, 3.05) is 32.6 Å². The van der Waals surface area contributed by atoms with Crippen LogP contribution in [0.5, 0.6) is 0 Å².